The summed E-state index contributed by atoms with van der Waals surface area (Å²) < 4.78 is 4.93. The van der Waals surface area contributed by atoms with Gasteiger partial charge in [0.15, 0.2) is 0 Å². The number of halogens is 2. The summed E-state index contributed by atoms with van der Waals surface area (Å²) in [5.74, 6) is 0.384. The van der Waals surface area contributed by atoms with Crippen LogP contribution in [0.4, 0.5) is 6.01 Å². The van der Waals surface area contributed by atoms with Crippen LogP contribution in [0, 0.1) is 0 Å². The largest absolute Gasteiger partial charge is 0.395 e. The second kappa shape index (κ2) is 5.35. The number of nitrogens with zero attached hydrogens (tertiary/aromatic N) is 2. The average molecular weight is 274 g/mol. The highest BCUT2D eigenvalue weighted by molar-refractivity contribution is 6.35. The first-order valence-electron chi connectivity index (χ1n) is 4.84. The number of rotatable bonds is 4. The minimum atomic E-state index is -0.0132. The molecule has 0 unspecified atom stereocenters. The molecule has 17 heavy (non-hydrogen) atoms. The van der Waals surface area contributed by atoms with E-state index in [1.807, 2.05) is 0 Å². The number of hydrogen-bond donors (Lipinski definition) is 2. The van der Waals surface area contributed by atoms with Crippen molar-refractivity contribution in [2.24, 2.45) is 0 Å². The molecule has 0 aliphatic carbocycles. The summed E-state index contributed by atoms with van der Waals surface area (Å²) >= 11 is 11.7. The molecule has 0 radical (unpaired) electrons. The van der Waals surface area contributed by atoms with Crippen molar-refractivity contribution in [2.45, 2.75) is 0 Å². The maximum atomic E-state index is 8.64. The maximum absolute atomic E-state index is 8.64. The smallest absolute Gasteiger partial charge is 0.321 e. The first-order valence-corrected chi connectivity index (χ1v) is 5.59. The lowest BCUT2D eigenvalue weighted by atomic mass is 10.2. The van der Waals surface area contributed by atoms with Crippen LogP contribution in [0.2, 0.25) is 10.0 Å². The van der Waals surface area contributed by atoms with Crippen LogP contribution >= 0.6 is 23.2 Å². The number of aliphatic hydroxyl groups is 1. The molecule has 5 nitrogen and oxygen atoms in total. The average Bonchev–Trinajstić information content (AvgIpc) is 2.73. The lowest BCUT2D eigenvalue weighted by molar-refractivity contribution is 0.308. The van der Waals surface area contributed by atoms with E-state index >= 15 is 0 Å². The molecule has 2 N–H and O–H groups in total. The predicted octanol–water partition coefficient (Wildman–Crippen LogP) is 2.45. The predicted molar refractivity (Wildman–Crippen MR) is 65.3 cm³/mol. The fraction of sp³-hybridized carbons (Fsp3) is 0.200. The summed E-state index contributed by atoms with van der Waals surface area (Å²) in [5.41, 5.74) is 0.670. The highest BCUT2D eigenvalue weighted by Crippen LogP contribution is 2.25. The Morgan fingerprint density at radius 2 is 1.94 bits per heavy atom. The Morgan fingerprint density at radius 3 is 2.59 bits per heavy atom. The summed E-state index contributed by atoms with van der Waals surface area (Å²) in [6, 6.07) is 5.24. The van der Waals surface area contributed by atoms with E-state index < -0.39 is 0 Å². The molecule has 7 heteroatoms. The molecule has 0 fully saturated rings. The molecule has 1 aromatic carbocycles. The normalized spacial score (nSPS) is 10.5. The second-order valence-corrected chi connectivity index (χ2v) is 4.10. The molecule has 0 amide bonds. The van der Waals surface area contributed by atoms with Crippen molar-refractivity contribution in [2.75, 3.05) is 18.5 Å². The first kappa shape index (κ1) is 12.2. The van der Waals surface area contributed by atoms with Crippen LogP contribution in [-0.2, 0) is 0 Å². The summed E-state index contributed by atoms with van der Waals surface area (Å²) in [6.07, 6.45) is 0. The van der Waals surface area contributed by atoms with E-state index in [1.165, 1.54) is 0 Å². The van der Waals surface area contributed by atoms with Crippen molar-refractivity contribution in [3.05, 3.63) is 28.2 Å². The van der Waals surface area contributed by atoms with E-state index in [1.54, 1.807) is 18.2 Å². The van der Waals surface area contributed by atoms with Crippen LogP contribution < -0.4 is 5.32 Å². The molecule has 1 aromatic heterocycles. The fourth-order valence-electron chi connectivity index (χ4n) is 1.26. The second-order valence-electron chi connectivity index (χ2n) is 3.23. The van der Waals surface area contributed by atoms with Crippen LogP contribution in [-0.4, -0.2) is 28.4 Å². The van der Waals surface area contributed by atoms with E-state index in [0.717, 1.165) is 0 Å². The van der Waals surface area contributed by atoms with Gasteiger partial charge in [0.1, 0.15) is 0 Å². The standard InChI is InChI=1S/C10H9Cl2N3O2/c11-7-3-6(4-8(12)5-7)9-14-10(17-15-9)13-1-2-16/h3-5,16H,1-2H2,(H,13,14,15). The SMILES string of the molecule is OCCNc1nc(-c2cc(Cl)cc(Cl)c2)no1. The van der Waals surface area contributed by atoms with Crippen LogP contribution in [0.25, 0.3) is 11.4 Å². The van der Waals surface area contributed by atoms with E-state index in [-0.39, 0.29) is 12.6 Å². The molecule has 1 heterocycles. The molecular weight excluding hydrogens is 265 g/mol. The summed E-state index contributed by atoms with van der Waals surface area (Å²) in [5, 5.41) is 16.2. The van der Waals surface area contributed by atoms with Crippen molar-refractivity contribution in [3.63, 3.8) is 0 Å². The van der Waals surface area contributed by atoms with Gasteiger partial charge < -0.3 is 14.9 Å². The van der Waals surface area contributed by atoms with Crippen LogP contribution in [0.5, 0.6) is 0 Å². The Bertz CT molecular complexity index is 496. The minimum absolute atomic E-state index is 0.0132. The van der Waals surface area contributed by atoms with E-state index in [2.05, 4.69) is 15.5 Å². The molecule has 0 saturated heterocycles. The monoisotopic (exact) mass is 273 g/mol. The van der Waals surface area contributed by atoms with Crippen molar-refractivity contribution < 1.29 is 9.63 Å². The molecule has 2 aromatic rings. The lowest BCUT2D eigenvalue weighted by Gasteiger charge is -1.97. The summed E-state index contributed by atoms with van der Waals surface area (Å²) in [7, 11) is 0. The lowest BCUT2D eigenvalue weighted by Crippen LogP contribution is -2.05. The molecule has 90 valence electrons. The van der Waals surface area contributed by atoms with E-state index in [9.17, 15) is 0 Å². The van der Waals surface area contributed by atoms with Gasteiger partial charge in [-0.2, -0.15) is 4.98 Å². The maximum Gasteiger partial charge on any atom is 0.321 e. The molecule has 0 aliphatic rings. The number of benzene rings is 1. The third kappa shape index (κ3) is 3.09. The number of nitrogens with one attached hydrogen (secondary N) is 1. The zero-order valence-electron chi connectivity index (χ0n) is 8.65. The molecule has 0 aliphatic heterocycles. The van der Waals surface area contributed by atoms with E-state index in [0.29, 0.717) is 28.0 Å². The molecule has 0 spiro atoms. The first-order chi connectivity index (χ1) is 8.19. The third-order valence-corrected chi connectivity index (χ3v) is 2.37. The Morgan fingerprint density at radius 1 is 1.24 bits per heavy atom. The molecule has 0 bridgehead atoms. The van der Waals surface area contributed by atoms with Gasteiger partial charge in [-0.15, -0.1) is 0 Å². The van der Waals surface area contributed by atoms with Crippen LogP contribution in [0.1, 0.15) is 0 Å². The minimum Gasteiger partial charge on any atom is -0.395 e. The van der Waals surface area contributed by atoms with Gasteiger partial charge in [0.2, 0.25) is 5.82 Å². The number of aromatic nitrogens is 2. The molecule has 2 rings (SSSR count). The van der Waals surface area contributed by atoms with Gasteiger partial charge in [-0.3, -0.25) is 0 Å². The molecule has 0 saturated carbocycles. The van der Waals surface area contributed by atoms with Crippen molar-refractivity contribution in [3.8, 4) is 11.4 Å². The van der Waals surface area contributed by atoms with Crippen molar-refractivity contribution in [1.82, 2.24) is 10.1 Å². The highest BCUT2D eigenvalue weighted by Gasteiger charge is 2.09. The highest BCUT2D eigenvalue weighted by atomic mass is 35.5. The van der Waals surface area contributed by atoms with Crippen LogP contribution in [0.15, 0.2) is 22.7 Å². The summed E-state index contributed by atoms with van der Waals surface area (Å²) in [6.45, 7) is 0.332. The van der Waals surface area contributed by atoms with Gasteiger partial charge >= 0.3 is 6.01 Å². The Hall–Kier alpha value is -1.30. The van der Waals surface area contributed by atoms with Gasteiger partial charge in [0.05, 0.1) is 6.61 Å². The Labute approximate surface area is 107 Å². The van der Waals surface area contributed by atoms with Gasteiger partial charge in [0, 0.05) is 22.2 Å². The number of anilines is 1. The Balaban J connectivity index is 2.24. The Kier molecular flexibility index (Phi) is 3.83. The third-order valence-electron chi connectivity index (χ3n) is 1.93. The topological polar surface area (TPSA) is 71.2 Å². The zero-order chi connectivity index (χ0) is 12.3. The number of aliphatic hydroxyl groups excluding tert-OH is 1. The van der Waals surface area contributed by atoms with E-state index in [4.69, 9.17) is 32.8 Å². The molecule has 0 atom stereocenters. The van der Waals surface area contributed by atoms with Crippen molar-refractivity contribution >= 4 is 29.2 Å². The molecular formula is C10H9Cl2N3O2. The van der Waals surface area contributed by atoms with Gasteiger partial charge in [-0.1, -0.05) is 28.4 Å². The zero-order valence-corrected chi connectivity index (χ0v) is 10.2. The number of hydrogen-bond acceptors (Lipinski definition) is 5. The van der Waals surface area contributed by atoms with Crippen LogP contribution in [0.3, 0.4) is 0 Å². The van der Waals surface area contributed by atoms with Gasteiger partial charge in [-0.25, -0.2) is 0 Å². The van der Waals surface area contributed by atoms with Crippen molar-refractivity contribution in [1.29, 1.82) is 0 Å². The fourth-order valence-corrected chi connectivity index (χ4v) is 1.78. The quantitative estimate of drug-likeness (QED) is 0.896. The van der Waals surface area contributed by atoms with Gasteiger partial charge in [-0.05, 0) is 18.2 Å². The summed E-state index contributed by atoms with van der Waals surface area (Å²) in [4.78, 5) is 4.08. The van der Waals surface area contributed by atoms with Gasteiger partial charge in [0.25, 0.3) is 0 Å².